The summed E-state index contributed by atoms with van der Waals surface area (Å²) in [6.45, 7) is 3.94. The summed E-state index contributed by atoms with van der Waals surface area (Å²) in [6, 6.07) is 14.8. The maximum Gasteiger partial charge on any atom is 0.216 e. The van der Waals surface area contributed by atoms with Gasteiger partial charge in [-0.2, -0.15) is 0 Å². The van der Waals surface area contributed by atoms with Crippen LogP contribution in [0.5, 0.6) is 5.75 Å². The van der Waals surface area contributed by atoms with Crippen LogP contribution < -0.4 is 9.46 Å². The lowest BCUT2D eigenvalue weighted by molar-refractivity contribution is 0.414. The summed E-state index contributed by atoms with van der Waals surface area (Å²) in [5.74, 6) is 0.742. The van der Waals surface area contributed by atoms with E-state index in [9.17, 15) is 8.42 Å². The highest BCUT2D eigenvalue weighted by atomic mass is 32.2. The van der Waals surface area contributed by atoms with Crippen LogP contribution in [0, 0.1) is 6.92 Å². The summed E-state index contributed by atoms with van der Waals surface area (Å²) < 4.78 is 32.8. The Morgan fingerprint density at radius 2 is 1.65 bits per heavy atom. The molecule has 0 spiro atoms. The van der Waals surface area contributed by atoms with Crippen LogP contribution in [0.15, 0.2) is 48.5 Å². The Bertz CT molecular complexity index is 722. The first-order valence-corrected chi connectivity index (χ1v) is 9.28. The molecule has 1 N–H and O–H groups in total. The first-order chi connectivity index (χ1) is 10.9. The van der Waals surface area contributed by atoms with Gasteiger partial charge in [-0.1, -0.05) is 48.9 Å². The van der Waals surface area contributed by atoms with E-state index in [0.29, 0.717) is 6.42 Å². The molecule has 0 aliphatic rings. The molecule has 4 nitrogen and oxygen atoms in total. The van der Waals surface area contributed by atoms with Crippen LogP contribution >= 0.6 is 0 Å². The van der Waals surface area contributed by atoms with Crippen molar-refractivity contribution in [2.75, 3.05) is 7.11 Å². The minimum atomic E-state index is -3.40. The predicted octanol–water partition coefficient (Wildman–Crippen LogP) is 3.57. The van der Waals surface area contributed by atoms with E-state index in [-0.39, 0.29) is 11.8 Å². The molecule has 0 fully saturated rings. The summed E-state index contributed by atoms with van der Waals surface area (Å²) >= 11 is 0. The number of nitrogens with one attached hydrogen (secondary N) is 1. The maximum atomic E-state index is 12.4. The van der Waals surface area contributed by atoms with Crippen LogP contribution in [0.1, 0.15) is 36.1 Å². The molecule has 124 valence electrons. The zero-order valence-corrected chi connectivity index (χ0v) is 14.6. The molecule has 0 radical (unpaired) electrons. The molecule has 0 unspecified atom stereocenters. The van der Waals surface area contributed by atoms with E-state index in [4.69, 9.17) is 4.74 Å². The van der Waals surface area contributed by atoms with E-state index in [0.717, 1.165) is 22.4 Å². The zero-order chi connectivity index (χ0) is 16.9. The number of rotatable bonds is 7. The van der Waals surface area contributed by atoms with Crippen molar-refractivity contribution in [2.45, 2.75) is 32.1 Å². The quantitative estimate of drug-likeness (QED) is 0.843. The fourth-order valence-electron chi connectivity index (χ4n) is 2.39. The number of hydrogen-bond donors (Lipinski definition) is 1. The van der Waals surface area contributed by atoms with Crippen LogP contribution in [0.25, 0.3) is 0 Å². The fraction of sp³-hybridized carbons (Fsp3) is 0.333. The molecule has 0 saturated carbocycles. The lowest BCUT2D eigenvalue weighted by atomic mass is 10.1. The molecule has 2 aromatic carbocycles. The molecule has 0 amide bonds. The zero-order valence-electron chi connectivity index (χ0n) is 13.7. The minimum absolute atomic E-state index is 0.0140. The lowest BCUT2D eigenvalue weighted by Crippen LogP contribution is -2.29. The third-order valence-electron chi connectivity index (χ3n) is 3.73. The van der Waals surface area contributed by atoms with Crippen LogP contribution in [0.4, 0.5) is 0 Å². The van der Waals surface area contributed by atoms with Gasteiger partial charge in [-0.05, 0) is 36.6 Å². The summed E-state index contributed by atoms with van der Waals surface area (Å²) in [7, 11) is -1.80. The highest BCUT2D eigenvalue weighted by molar-refractivity contribution is 7.88. The van der Waals surface area contributed by atoms with Gasteiger partial charge in [0.05, 0.1) is 12.9 Å². The number of aryl methyl sites for hydroxylation is 1. The van der Waals surface area contributed by atoms with Crippen molar-refractivity contribution >= 4 is 10.0 Å². The van der Waals surface area contributed by atoms with E-state index >= 15 is 0 Å². The van der Waals surface area contributed by atoms with Gasteiger partial charge in [0.25, 0.3) is 0 Å². The van der Waals surface area contributed by atoms with E-state index in [2.05, 4.69) is 4.72 Å². The van der Waals surface area contributed by atoms with Gasteiger partial charge >= 0.3 is 0 Å². The molecule has 0 aromatic heterocycles. The van der Waals surface area contributed by atoms with Gasteiger partial charge in [-0.25, -0.2) is 13.1 Å². The predicted molar refractivity (Wildman–Crippen MR) is 93.0 cm³/mol. The van der Waals surface area contributed by atoms with Crippen molar-refractivity contribution in [3.63, 3.8) is 0 Å². The fourth-order valence-corrected chi connectivity index (χ4v) is 3.84. The van der Waals surface area contributed by atoms with E-state index in [1.807, 2.05) is 62.4 Å². The number of benzene rings is 2. The number of sulfonamides is 1. The van der Waals surface area contributed by atoms with Crippen LogP contribution in [0.3, 0.4) is 0 Å². The molecular formula is C18H23NO3S. The van der Waals surface area contributed by atoms with Crippen LogP contribution in [-0.4, -0.2) is 15.5 Å². The first kappa shape index (κ1) is 17.5. The standard InChI is InChI=1S/C18H23NO3S/c1-4-18(16-9-11-17(22-3)12-10-16)19-23(20,21)13-15-7-5-14(2)6-8-15/h5-12,18-19H,4,13H2,1-3H3/t18-/m1/s1. The molecule has 1 atom stereocenters. The number of hydrogen-bond acceptors (Lipinski definition) is 3. The van der Waals surface area contributed by atoms with Crippen molar-refractivity contribution in [3.8, 4) is 5.75 Å². The summed E-state index contributed by atoms with van der Waals surface area (Å²) in [6.07, 6.45) is 0.680. The molecule has 0 bridgehead atoms. The van der Waals surface area contributed by atoms with Crippen molar-refractivity contribution in [1.82, 2.24) is 4.72 Å². The van der Waals surface area contributed by atoms with E-state index in [1.54, 1.807) is 7.11 Å². The van der Waals surface area contributed by atoms with Crippen molar-refractivity contribution in [3.05, 3.63) is 65.2 Å². The molecule has 0 heterocycles. The van der Waals surface area contributed by atoms with Gasteiger partial charge in [0.1, 0.15) is 5.75 Å². The van der Waals surface area contributed by atoms with Gasteiger partial charge in [0.15, 0.2) is 0 Å². The normalized spacial score (nSPS) is 12.8. The Balaban J connectivity index is 2.10. The second-order valence-corrected chi connectivity index (χ2v) is 7.35. The third-order valence-corrected chi connectivity index (χ3v) is 5.08. The molecule has 0 aliphatic heterocycles. The van der Waals surface area contributed by atoms with Crippen molar-refractivity contribution < 1.29 is 13.2 Å². The molecule has 0 aliphatic carbocycles. The molecule has 2 rings (SSSR count). The Labute approximate surface area is 138 Å². The van der Waals surface area contributed by atoms with Gasteiger partial charge in [-0.3, -0.25) is 0 Å². The second-order valence-electron chi connectivity index (χ2n) is 5.60. The number of ether oxygens (including phenoxy) is 1. The Morgan fingerprint density at radius 1 is 1.04 bits per heavy atom. The monoisotopic (exact) mass is 333 g/mol. The number of methoxy groups -OCH3 is 1. The SMILES string of the molecule is CC[C@@H](NS(=O)(=O)Cc1ccc(C)cc1)c1ccc(OC)cc1. The third kappa shape index (κ3) is 5.08. The van der Waals surface area contributed by atoms with Gasteiger partial charge < -0.3 is 4.74 Å². The molecular weight excluding hydrogens is 310 g/mol. The molecule has 23 heavy (non-hydrogen) atoms. The van der Waals surface area contributed by atoms with Gasteiger partial charge in [0.2, 0.25) is 10.0 Å². The smallest absolute Gasteiger partial charge is 0.216 e. The summed E-state index contributed by atoms with van der Waals surface area (Å²) in [4.78, 5) is 0. The lowest BCUT2D eigenvalue weighted by Gasteiger charge is -2.18. The second kappa shape index (κ2) is 7.62. The average Bonchev–Trinajstić information content (AvgIpc) is 2.55. The highest BCUT2D eigenvalue weighted by Crippen LogP contribution is 2.21. The average molecular weight is 333 g/mol. The Kier molecular flexibility index (Phi) is 5.80. The highest BCUT2D eigenvalue weighted by Gasteiger charge is 2.18. The van der Waals surface area contributed by atoms with Crippen LogP contribution in [0.2, 0.25) is 0 Å². The Morgan fingerprint density at radius 3 is 2.17 bits per heavy atom. The molecule has 5 heteroatoms. The summed E-state index contributed by atoms with van der Waals surface area (Å²) in [5.41, 5.74) is 2.83. The van der Waals surface area contributed by atoms with E-state index < -0.39 is 10.0 Å². The first-order valence-electron chi connectivity index (χ1n) is 7.63. The molecule has 0 saturated heterocycles. The molecule has 2 aromatic rings. The Hall–Kier alpha value is -1.85. The maximum absolute atomic E-state index is 12.4. The largest absolute Gasteiger partial charge is 0.497 e. The van der Waals surface area contributed by atoms with E-state index in [1.165, 1.54) is 0 Å². The van der Waals surface area contributed by atoms with Gasteiger partial charge in [-0.15, -0.1) is 0 Å². The topological polar surface area (TPSA) is 55.4 Å². The minimum Gasteiger partial charge on any atom is -0.497 e. The van der Waals surface area contributed by atoms with Crippen molar-refractivity contribution in [2.24, 2.45) is 0 Å². The van der Waals surface area contributed by atoms with Crippen molar-refractivity contribution in [1.29, 1.82) is 0 Å². The van der Waals surface area contributed by atoms with Gasteiger partial charge in [0, 0.05) is 6.04 Å². The summed E-state index contributed by atoms with van der Waals surface area (Å²) in [5, 5.41) is 0. The van der Waals surface area contributed by atoms with Crippen LogP contribution in [-0.2, 0) is 15.8 Å².